The molecule has 0 aliphatic heterocycles. The number of aryl methyl sites for hydroxylation is 1. The highest BCUT2D eigenvalue weighted by Crippen LogP contribution is 2.26. The Hall–Kier alpha value is -2.15. The third kappa shape index (κ3) is 3.30. The van der Waals surface area contributed by atoms with Crippen molar-refractivity contribution in [3.8, 4) is 0 Å². The van der Waals surface area contributed by atoms with Crippen molar-refractivity contribution in [1.29, 1.82) is 0 Å². The van der Waals surface area contributed by atoms with Crippen LogP contribution < -0.4 is 5.32 Å². The van der Waals surface area contributed by atoms with E-state index in [0.29, 0.717) is 11.3 Å². The van der Waals surface area contributed by atoms with Crippen molar-refractivity contribution in [3.63, 3.8) is 0 Å². The monoisotopic (exact) mass is 291 g/mol. The van der Waals surface area contributed by atoms with Gasteiger partial charge in [0.2, 0.25) is 0 Å². The molecule has 0 saturated carbocycles. The molecule has 7 heteroatoms. The number of hydrogen-bond donors (Lipinski definition) is 2. The van der Waals surface area contributed by atoms with Gasteiger partial charge in [0.1, 0.15) is 5.56 Å². The number of fused-ring (bicyclic) bond motifs is 1. The lowest BCUT2D eigenvalue weighted by Gasteiger charge is -2.19. The largest absolute Gasteiger partial charge is 0.478 e. The second kappa shape index (κ2) is 6.09. The number of carboxylic acids is 1. The third-order valence-electron chi connectivity index (χ3n) is 3.39. The van der Waals surface area contributed by atoms with E-state index in [2.05, 4.69) is 20.3 Å². The zero-order chi connectivity index (χ0) is 15.6. The molecule has 0 fully saturated rings. The van der Waals surface area contributed by atoms with E-state index >= 15 is 0 Å². The lowest BCUT2D eigenvalue weighted by Crippen LogP contribution is -2.24. The topological polar surface area (TPSA) is 83.3 Å². The second-order valence-corrected chi connectivity index (χ2v) is 5.49. The second-order valence-electron chi connectivity index (χ2n) is 5.49. The van der Waals surface area contributed by atoms with E-state index in [1.807, 2.05) is 21.0 Å². The van der Waals surface area contributed by atoms with Gasteiger partial charge in [-0.05, 0) is 34.0 Å². The lowest BCUT2D eigenvalue weighted by atomic mass is 10.1. The van der Waals surface area contributed by atoms with Crippen LogP contribution in [0.15, 0.2) is 12.4 Å². The zero-order valence-electron chi connectivity index (χ0n) is 12.8. The maximum atomic E-state index is 11.4. The molecule has 0 aromatic carbocycles. The Bertz CT molecular complexity index is 650. The van der Waals surface area contributed by atoms with Crippen LogP contribution in [-0.2, 0) is 7.05 Å². The van der Waals surface area contributed by atoms with Crippen molar-refractivity contribution in [1.82, 2.24) is 19.7 Å². The quantitative estimate of drug-likeness (QED) is 0.837. The highest BCUT2D eigenvalue weighted by molar-refractivity contribution is 6.03. The highest BCUT2D eigenvalue weighted by Gasteiger charge is 2.18. The summed E-state index contributed by atoms with van der Waals surface area (Å²) in [5.41, 5.74) is 1.43. The summed E-state index contributed by atoms with van der Waals surface area (Å²) in [5.74, 6) is -0.990. The van der Waals surface area contributed by atoms with Crippen molar-refractivity contribution in [2.75, 3.05) is 26.0 Å². The maximum absolute atomic E-state index is 11.4. The van der Waals surface area contributed by atoms with Gasteiger partial charge in [-0.2, -0.15) is 5.10 Å². The number of hydrogen-bond acceptors (Lipinski definition) is 5. The first-order valence-corrected chi connectivity index (χ1v) is 6.85. The van der Waals surface area contributed by atoms with Gasteiger partial charge in [0.15, 0.2) is 5.65 Å². The molecule has 2 rings (SSSR count). The molecule has 0 aliphatic carbocycles. The number of nitrogens with one attached hydrogen (secondary N) is 1. The third-order valence-corrected chi connectivity index (χ3v) is 3.39. The molecule has 2 aromatic rings. The molecule has 0 aliphatic rings. The lowest BCUT2D eigenvalue weighted by molar-refractivity contribution is 0.0697. The van der Waals surface area contributed by atoms with Gasteiger partial charge in [-0.1, -0.05) is 0 Å². The Labute approximate surface area is 123 Å². The number of pyridine rings is 1. The number of carboxylic acid groups (broad SMARTS) is 1. The van der Waals surface area contributed by atoms with Gasteiger partial charge in [0.25, 0.3) is 0 Å². The Balaban J connectivity index is 2.35. The minimum Gasteiger partial charge on any atom is -0.478 e. The van der Waals surface area contributed by atoms with Crippen molar-refractivity contribution in [3.05, 3.63) is 18.0 Å². The average Bonchev–Trinajstić information content (AvgIpc) is 2.79. The van der Waals surface area contributed by atoms with Gasteiger partial charge >= 0.3 is 5.97 Å². The molecule has 0 spiro atoms. The summed E-state index contributed by atoms with van der Waals surface area (Å²) in [4.78, 5) is 17.7. The van der Waals surface area contributed by atoms with Crippen LogP contribution in [0.25, 0.3) is 11.0 Å². The van der Waals surface area contributed by atoms with Crippen molar-refractivity contribution in [2.24, 2.45) is 7.05 Å². The molecule has 114 valence electrons. The summed E-state index contributed by atoms with van der Waals surface area (Å²) >= 11 is 0. The number of aromatic carboxylic acids is 1. The van der Waals surface area contributed by atoms with Gasteiger partial charge in [0.05, 0.1) is 17.3 Å². The zero-order valence-corrected chi connectivity index (χ0v) is 12.8. The SMILES string of the molecule is CC(CCN(C)C)Nc1c(C(=O)O)cnc2c1cnn2C. The summed E-state index contributed by atoms with van der Waals surface area (Å²) in [6.45, 7) is 2.97. The molecular formula is C14H21N5O2. The fourth-order valence-electron chi connectivity index (χ4n) is 2.18. The summed E-state index contributed by atoms with van der Waals surface area (Å²) < 4.78 is 1.64. The summed E-state index contributed by atoms with van der Waals surface area (Å²) in [6, 6.07) is 0.149. The first kappa shape index (κ1) is 15.2. The molecule has 2 aromatic heterocycles. The number of nitrogens with zero attached hydrogens (tertiary/aromatic N) is 4. The van der Waals surface area contributed by atoms with E-state index in [-0.39, 0.29) is 11.6 Å². The minimum absolute atomic E-state index is 0.149. The summed E-state index contributed by atoms with van der Waals surface area (Å²) in [5, 5.41) is 17.5. The van der Waals surface area contributed by atoms with Crippen molar-refractivity contribution in [2.45, 2.75) is 19.4 Å². The van der Waals surface area contributed by atoms with Crippen molar-refractivity contribution < 1.29 is 9.90 Å². The van der Waals surface area contributed by atoms with Crippen LogP contribution in [0.5, 0.6) is 0 Å². The highest BCUT2D eigenvalue weighted by atomic mass is 16.4. The molecule has 0 bridgehead atoms. The van der Waals surface area contributed by atoms with Crippen LogP contribution in [0.2, 0.25) is 0 Å². The molecule has 2 N–H and O–H groups in total. The molecule has 21 heavy (non-hydrogen) atoms. The van der Waals surface area contributed by atoms with E-state index in [0.717, 1.165) is 18.4 Å². The number of rotatable bonds is 6. The van der Waals surface area contributed by atoms with Gasteiger partial charge in [-0.15, -0.1) is 0 Å². The summed E-state index contributed by atoms with van der Waals surface area (Å²) in [6.07, 6.45) is 3.94. The Morgan fingerprint density at radius 3 is 2.81 bits per heavy atom. The molecule has 0 saturated heterocycles. The van der Waals surface area contributed by atoms with E-state index in [1.54, 1.807) is 17.9 Å². The van der Waals surface area contributed by atoms with Gasteiger partial charge < -0.3 is 15.3 Å². The fourth-order valence-corrected chi connectivity index (χ4v) is 2.18. The Morgan fingerprint density at radius 2 is 2.19 bits per heavy atom. The van der Waals surface area contributed by atoms with E-state index in [4.69, 9.17) is 0 Å². The van der Waals surface area contributed by atoms with Crippen LogP contribution >= 0.6 is 0 Å². The molecule has 0 radical (unpaired) electrons. The van der Waals surface area contributed by atoms with E-state index in [1.165, 1.54) is 6.20 Å². The van der Waals surface area contributed by atoms with Gasteiger partial charge in [0, 0.05) is 19.3 Å². The van der Waals surface area contributed by atoms with Crippen LogP contribution in [0.4, 0.5) is 5.69 Å². The smallest absolute Gasteiger partial charge is 0.339 e. The molecule has 1 atom stereocenters. The number of carbonyl (C=O) groups is 1. The predicted molar refractivity (Wildman–Crippen MR) is 81.7 cm³/mol. The molecule has 1 unspecified atom stereocenters. The van der Waals surface area contributed by atoms with Gasteiger partial charge in [-0.3, -0.25) is 4.68 Å². The van der Waals surface area contributed by atoms with E-state index in [9.17, 15) is 9.90 Å². The average molecular weight is 291 g/mol. The predicted octanol–water partition coefficient (Wildman–Crippen LogP) is 1.42. The van der Waals surface area contributed by atoms with Crippen LogP contribution in [0.3, 0.4) is 0 Å². The first-order valence-electron chi connectivity index (χ1n) is 6.85. The summed E-state index contributed by atoms with van der Waals surface area (Å²) in [7, 11) is 5.82. The van der Waals surface area contributed by atoms with Crippen LogP contribution in [0.1, 0.15) is 23.7 Å². The maximum Gasteiger partial charge on any atom is 0.339 e. The standard InChI is InChI=1S/C14H21N5O2/c1-9(5-6-18(2)3)17-12-10-8-16-19(4)13(10)15-7-11(12)14(20)21/h7-9H,5-6H2,1-4H3,(H,15,17)(H,20,21). The number of aromatic nitrogens is 3. The molecule has 7 nitrogen and oxygen atoms in total. The van der Waals surface area contributed by atoms with E-state index < -0.39 is 5.97 Å². The molecule has 2 heterocycles. The molecular weight excluding hydrogens is 270 g/mol. The van der Waals surface area contributed by atoms with Crippen LogP contribution in [0, 0.1) is 0 Å². The fraction of sp³-hybridized carbons (Fsp3) is 0.500. The van der Waals surface area contributed by atoms with Gasteiger partial charge in [-0.25, -0.2) is 9.78 Å². The van der Waals surface area contributed by atoms with Crippen molar-refractivity contribution >= 4 is 22.7 Å². The number of anilines is 1. The molecule has 0 amide bonds. The Morgan fingerprint density at radius 1 is 1.48 bits per heavy atom. The first-order chi connectivity index (χ1) is 9.90. The Kier molecular flexibility index (Phi) is 4.42. The minimum atomic E-state index is -0.990. The normalized spacial score (nSPS) is 12.8. The van der Waals surface area contributed by atoms with Crippen LogP contribution in [-0.4, -0.2) is 57.4 Å².